The lowest BCUT2D eigenvalue weighted by Crippen LogP contribution is -2.61. The first-order valence-electron chi connectivity index (χ1n) is 20.8. The largest absolute Gasteiger partial charge is 0.421 e. The SMILES string of the molecule is c1ccc(N2B3c4c(cccc4-c4cc(C5c6ccccc6-c6ccccc65)ccc4N3c3ccccc3)-c3cc(C4c5ccccc5-c5ccccc54)ccc32)cc1. The van der Waals surface area contributed by atoms with E-state index in [-0.39, 0.29) is 18.8 Å². The van der Waals surface area contributed by atoms with E-state index in [1.807, 2.05) is 0 Å². The van der Waals surface area contributed by atoms with Crippen molar-refractivity contribution in [3.05, 3.63) is 246 Å². The highest BCUT2D eigenvalue weighted by atomic mass is 15.2. The van der Waals surface area contributed by atoms with Crippen LogP contribution in [0, 0.1) is 0 Å². The minimum Gasteiger partial charge on any atom is -0.361 e. The molecule has 2 heterocycles. The summed E-state index contributed by atoms with van der Waals surface area (Å²) in [6.07, 6.45) is 0. The highest BCUT2D eigenvalue weighted by Gasteiger charge is 2.47. The van der Waals surface area contributed by atoms with E-state index in [2.05, 4.69) is 222 Å². The van der Waals surface area contributed by atoms with Gasteiger partial charge in [-0.3, -0.25) is 0 Å². The summed E-state index contributed by atoms with van der Waals surface area (Å²) in [6, 6.07) is 79.5. The van der Waals surface area contributed by atoms with Gasteiger partial charge in [-0.15, -0.1) is 0 Å². The van der Waals surface area contributed by atoms with Crippen LogP contribution in [0.3, 0.4) is 0 Å². The van der Waals surface area contributed by atoms with Crippen LogP contribution >= 0.6 is 0 Å². The Balaban J connectivity index is 1.07. The highest BCUT2D eigenvalue weighted by molar-refractivity contribution is 6.86. The molecule has 2 aliphatic heterocycles. The number of hydrogen-bond acceptors (Lipinski definition) is 2. The van der Waals surface area contributed by atoms with E-state index in [4.69, 9.17) is 0 Å². The molecule has 9 aromatic rings. The molecule has 0 radical (unpaired) electrons. The predicted molar refractivity (Wildman–Crippen MR) is 246 cm³/mol. The van der Waals surface area contributed by atoms with E-state index in [9.17, 15) is 0 Å². The van der Waals surface area contributed by atoms with Gasteiger partial charge in [0.1, 0.15) is 0 Å². The lowest BCUT2D eigenvalue weighted by Gasteiger charge is -2.48. The van der Waals surface area contributed by atoms with Crippen LogP contribution < -0.4 is 15.1 Å². The summed E-state index contributed by atoms with van der Waals surface area (Å²) < 4.78 is 0. The quantitative estimate of drug-likeness (QED) is 0.165. The molecule has 0 saturated heterocycles. The minimum absolute atomic E-state index is 0.122. The van der Waals surface area contributed by atoms with Gasteiger partial charge >= 0.3 is 6.98 Å². The van der Waals surface area contributed by atoms with Crippen molar-refractivity contribution in [1.82, 2.24) is 0 Å². The van der Waals surface area contributed by atoms with Crippen molar-refractivity contribution < 1.29 is 0 Å². The smallest absolute Gasteiger partial charge is 0.361 e. The van der Waals surface area contributed by atoms with Crippen LogP contribution in [0.2, 0.25) is 0 Å². The molecule has 9 aromatic carbocycles. The molecule has 13 rings (SSSR count). The molecule has 3 heteroatoms. The molecule has 274 valence electrons. The van der Waals surface area contributed by atoms with Gasteiger partial charge in [-0.25, -0.2) is 0 Å². The highest BCUT2D eigenvalue weighted by Crippen LogP contribution is 2.54. The molecule has 0 saturated carbocycles. The number of hydrogen-bond donors (Lipinski definition) is 0. The van der Waals surface area contributed by atoms with Gasteiger partial charge in [-0.1, -0.05) is 164 Å². The van der Waals surface area contributed by atoms with E-state index >= 15 is 0 Å². The Kier molecular flexibility index (Phi) is 6.97. The number of para-hydroxylation sites is 2. The number of fused-ring (bicyclic) bond motifs is 10. The van der Waals surface area contributed by atoms with E-state index in [1.165, 1.54) is 106 Å². The summed E-state index contributed by atoms with van der Waals surface area (Å²) in [7, 11) is 0. The van der Waals surface area contributed by atoms with Gasteiger partial charge in [-0.05, 0) is 121 Å². The molecule has 0 amide bonds. The first kappa shape index (κ1) is 32.7. The number of rotatable bonds is 4. The standard InChI is InChI=1S/C56H37BN2/c1-3-16-38(17-4-1)58-52-32-30-36(54-44-24-11-7-20-40(44)41-21-8-12-25-45(41)54)34-50(52)48-28-15-29-49-51-35-37(55-46-26-13-9-22-42(46)43-23-10-14-27-47(43)55)31-33-53(51)59(57(58)56(48)49)39-18-5-2-6-19-39/h1-35,54-55H. The maximum Gasteiger partial charge on any atom is 0.421 e. The van der Waals surface area contributed by atoms with E-state index in [0.29, 0.717) is 0 Å². The Morgan fingerprint density at radius 1 is 0.288 bits per heavy atom. The molecule has 2 nitrogen and oxygen atoms in total. The molecule has 0 spiro atoms. The Bertz CT molecular complexity index is 2850. The van der Waals surface area contributed by atoms with Crippen LogP contribution in [-0.4, -0.2) is 6.98 Å². The van der Waals surface area contributed by atoms with E-state index < -0.39 is 0 Å². The number of benzene rings is 9. The van der Waals surface area contributed by atoms with Gasteiger partial charge < -0.3 is 9.62 Å². The average molecular weight is 749 g/mol. The Morgan fingerprint density at radius 2 is 0.627 bits per heavy atom. The van der Waals surface area contributed by atoms with Crippen molar-refractivity contribution in [2.75, 3.05) is 9.62 Å². The second-order valence-electron chi connectivity index (χ2n) is 16.3. The van der Waals surface area contributed by atoms with Crippen molar-refractivity contribution in [2.24, 2.45) is 0 Å². The maximum atomic E-state index is 2.59. The maximum absolute atomic E-state index is 2.59. The van der Waals surface area contributed by atoms with Gasteiger partial charge in [0.2, 0.25) is 0 Å². The van der Waals surface area contributed by atoms with Gasteiger partial charge in [0.25, 0.3) is 0 Å². The summed E-state index contributed by atoms with van der Waals surface area (Å²) >= 11 is 0. The van der Waals surface area contributed by atoms with Gasteiger partial charge in [-0.2, -0.15) is 0 Å². The molecule has 0 fully saturated rings. The fourth-order valence-corrected chi connectivity index (χ4v) is 11.0. The van der Waals surface area contributed by atoms with Crippen molar-refractivity contribution in [3.8, 4) is 44.5 Å². The van der Waals surface area contributed by atoms with Crippen LogP contribution in [0.25, 0.3) is 44.5 Å². The fourth-order valence-electron chi connectivity index (χ4n) is 11.0. The number of anilines is 4. The number of nitrogens with zero attached hydrogens (tertiary/aromatic N) is 2. The average Bonchev–Trinajstić information content (AvgIpc) is 3.83. The van der Waals surface area contributed by atoms with Crippen LogP contribution in [-0.2, 0) is 0 Å². The summed E-state index contributed by atoms with van der Waals surface area (Å²) in [5.41, 5.74) is 24.8. The van der Waals surface area contributed by atoms with Crippen LogP contribution in [0.4, 0.5) is 22.7 Å². The molecule has 0 atom stereocenters. The zero-order valence-corrected chi connectivity index (χ0v) is 32.3. The Labute approximate surface area is 345 Å². The lowest BCUT2D eigenvalue weighted by atomic mass is 9.53. The second-order valence-corrected chi connectivity index (χ2v) is 16.3. The van der Waals surface area contributed by atoms with Gasteiger partial charge in [0.15, 0.2) is 0 Å². The normalized spacial score (nSPS) is 14.2. The summed E-state index contributed by atoms with van der Waals surface area (Å²) in [5.74, 6) is 0.327. The third-order valence-corrected chi connectivity index (χ3v) is 13.4. The summed E-state index contributed by atoms with van der Waals surface area (Å²) in [5, 5.41) is 0. The zero-order chi connectivity index (χ0) is 38.6. The van der Waals surface area contributed by atoms with Crippen LogP contribution in [0.15, 0.2) is 212 Å². The molecular weight excluding hydrogens is 711 g/mol. The molecule has 0 aromatic heterocycles. The third-order valence-electron chi connectivity index (χ3n) is 13.4. The topological polar surface area (TPSA) is 6.48 Å². The fraction of sp³-hybridized carbons (Fsp3) is 0.0357. The van der Waals surface area contributed by atoms with Crippen LogP contribution in [0.5, 0.6) is 0 Å². The zero-order valence-electron chi connectivity index (χ0n) is 32.3. The monoisotopic (exact) mass is 748 g/mol. The van der Waals surface area contributed by atoms with Crippen molar-refractivity contribution in [1.29, 1.82) is 0 Å². The van der Waals surface area contributed by atoms with Crippen molar-refractivity contribution in [3.63, 3.8) is 0 Å². The molecule has 2 aliphatic carbocycles. The molecule has 59 heavy (non-hydrogen) atoms. The molecule has 0 N–H and O–H groups in total. The first-order chi connectivity index (χ1) is 29.3. The second kappa shape index (κ2) is 12.6. The van der Waals surface area contributed by atoms with Crippen LogP contribution in [0.1, 0.15) is 45.2 Å². The molecule has 0 bridgehead atoms. The van der Waals surface area contributed by atoms with Gasteiger partial charge in [0, 0.05) is 45.7 Å². The molecule has 0 unspecified atom stereocenters. The third kappa shape index (κ3) is 4.64. The van der Waals surface area contributed by atoms with Crippen molar-refractivity contribution in [2.45, 2.75) is 11.8 Å². The molecule has 4 aliphatic rings. The summed E-state index contributed by atoms with van der Waals surface area (Å²) in [4.78, 5) is 5.18. The minimum atomic E-state index is -0.122. The van der Waals surface area contributed by atoms with Crippen molar-refractivity contribution >= 4 is 35.2 Å². The van der Waals surface area contributed by atoms with E-state index in [0.717, 1.165) is 0 Å². The molecular formula is C56H37BN2. The van der Waals surface area contributed by atoms with E-state index in [1.54, 1.807) is 0 Å². The Morgan fingerprint density at radius 3 is 1.02 bits per heavy atom. The first-order valence-corrected chi connectivity index (χ1v) is 20.8. The van der Waals surface area contributed by atoms with Gasteiger partial charge in [0.05, 0.1) is 0 Å². The summed E-state index contributed by atoms with van der Waals surface area (Å²) in [6.45, 7) is -0.122. The lowest BCUT2D eigenvalue weighted by molar-refractivity contribution is 1.01. The Hall–Kier alpha value is -7.36. The predicted octanol–water partition coefficient (Wildman–Crippen LogP) is 13.3.